The van der Waals surface area contributed by atoms with E-state index in [1.165, 1.54) is 11.3 Å². The van der Waals surface area contributed by atoms with Crippen LogP contribution in [-0.4, -0.2) is 19.2 Å². The Kier molecular flexibility index (Phi) is 4.42. The molecule has 0 spiro atoms. The topological polar surface area (TPSA) is 50.7 Å². The molecule has 0 aliphatic heterocycles. The van der Waals surface area contributed by atoms with Gasteiger partial charge in [-0.1, -0.05) is 17.7 Å². The van der Waals surface area contributed by atoms with Crippen LogP contribution < -0.4 is 10.2 Å². The minimum atomic E-state index is -0.321. The van der Waals surface area contributed by atoms with Gasteiger partial charge < -0.3 is 4.74 Å². The molecule has 3 rings (SSSR count). The average molecular weight is 351 g/mol. The van der Waals surface area contributed by atoms with Crippen LogP contribution in [0.15, 0.2) is 40.8 Å². The zero-order valence-corrected chi connectivity index (χ0v) is 13.9. The van der Waals surface area contributed by atoms with Crippen molar-refractivity contribution in [2.45, 2.75) is 0 Å². The summed E-state index contributed by atoms with van der Waals surface area (Å²) in [6.45, 7) is 0. The predicted molar refractivity (Wildman–Crippen MR) is 92.8 cm³/mol. The van der Waals surface area contributed by atoms with Crippen molar-refractivity contribution in [3.05, 3.63) is 50.5 Å². The lowest BCUT2D eigenvalue weighted by Gasteiger charge is -1.98. The molecule has 0 aliphatic carbocycles. The smallest absolute Gasteiger partial charge is 0.283 e. The van der Waals surface area contributed by atoms with Crippen molar-refractivity contribution in [1.82, 2.24) is 5.43 Å². The lowest BCUT2D eigenvalue weighted by Crippen LogP contribution is -2.16. The molecule has 0 saturated heterocycles. The van der Waals surface area contributed by atoms with Crippen LogP contribution in [0.4, 0.5) is 0 Å². The third-order valence-electron chi connectivity index (χ3n) is 2.94. The number of ether oxygens (including phenoxy) is 1. The van der Waals surface area contributed by atoms with Crippen molar-refractivity contribution in [3.63, 3.8) is 0 Å². The summed E-state index contributed by atoms with van der Waals surface area (Å²) in [5.74, 6) is 0.408. The van der Waals surface area contributed by atoms with Crippen molar-refractivity contribution in [2.75, 3.05) is 7.11 Å². The monoisotopic (exact) mass is 350 g/mol. The molecule has 0 fully saturated rings. The van der Waals surface area contributed by atoms with E-state index in [0.717, 1.165) is 20.7 Å². The number of benzene rings is 1. The van der Waals surface area contributed by atoms with Gasteiger partial charge in [-0.15, -0.1) is 22.7 Å². The Hall–Kier alpha value is -1.89. The molecule has 0 aliphatic rings. The molecule has 1 amide bonds. The minimum Gasteiger partial charge on any atom is -0.497 e. The molecular weight excluding hydrogens is 340 g/mol. The lowest BCUT2D eigenvalue weighted by atomic mass is 10.2. The highest BCUT2D eigenvalue weighted by atomic mass is 35.5. The molecule has 3 aromatic rings. The second-order valence-electron chi connectivity index (χ2n) is 4.32. The number of methoxy groups -OCH3 is 1. The first-order valence-electron chi connectivity index (χ1n) is 6.32. The zero-order valence-electron chi connectivity index (χ0n) is 11.5. The number of hydrogen-bond donors (Lipinski definition) is 1. The van der Waals surface area contributed by atoms with E-state index in [0.29, 0.717) is 9.90 Å². The summed E-state index contributed by atoms with van der Waals surface area (Å²) in [7, 11) is 1.60. The first-order valence-corrected chi connectivity index (χ1v) is 8.39. The fourth-order valence-corrected chi connectivity index (χ4v) is 3.91. The number of hydrogen-bond acceptors (Lipinski definition) is 5. The maximum atomic E-state index is 12.2. The summed E-state index contributed by atoms with van der Waals surface area (Å²) >= 11 is 9.14. The van der Waals surface area contributed by atoms with Crippen molar-refractivity contribution in [3.8, 4) is 5.75 Å². The Balaban J connectivity index is 1.83. The summed E-state index contributed by atoms with van der Waals surface area (Å²) in [6, 6.07) is 9.36. The number of halogens is 1. The van der Waals surface area contributed by atoms with Crippen LogP contribution in [0.5, 0.6) is 5.75 Å². The molecule has 0 saturated carbocycles. The number of amides is 1. The number of hydrazone groups is 1. The quantitative estimate of drug-likeness (QED) is 0.560. The SMILES string of the molecule is COc1ccc2c(Cl)c(C(=O)N/N=C\c3cccs3)sc2c1. The molecule has 22 heavy (non-hydrogen) atoms. The highest BCUT2D eigenvalue weighted by Crippen LogP contribution is 2.37. The van der Waals surface area contributed by atoms with Gasteiger partial charge in [0.25, 0.3) is 5.91 Å². The van der Waals surface area contributed by atoms with E-state index in [-0.39, 0.29) is 5.91 Å². The summed E-state index contributed by atoms with van der Waals surface area (Å²) in [6.07, 6.45) is 1.60. The molecule has 1 aromatic carbocycles. The Morgan fingerprint density at radius 3 is 3.00 bits per heavy atom. The van der Waals surface area contributed by atoms with Crippen molar-refractivity contribution >= 4 is 56.5 Å². The second-order valence-corrected chi connectivity index (χ2v) is 6.73. The zero-order chi connectivity index (χ0) is 15.5. The van der Waals surface area contributed by atoms with E-state index in [9.17, 15) is 4.79 Å². The molecule has 1 N–H and O–H groups in total. The first-order chi connectivity index (χ1) is 10.7. The standard InChI is InChI=1S/C15H11ClN2O2S2/c1-20-9-4-5-11-12(7-9)22-14(13(11)16)15(19)18-17-8-10-3-2-6-21-10/h2-8H,1H3,(H,18,19)/b17-8-. The summed E-state index contributed by atoms with van der Waals surface area (Å²) in [5, 5.41) is 7.16. The van der Waals surface area contributed by atoms with Gasteiger partial charge in [-0.25, -0.2) is 5.43 Å². The lowest BCUT2D eigenvalue weighted by molar-refractivity contribution is 0.0959. The van der Waals surface area contributed by atoms with Crippen molar-refractivity contribution in [1.29, 1.82) is 0 Å². The molecule has 7 heteroatoms. The molecule has 2 aromatic heterocycles. The molecule has 112 valence electrons. The second kappa shape index (κ2) is 6.48. The van der Waals surface area contributed by atoms with Crippen LogP contribution in [0.3, 0.4) is 0 Å². The summed E-state index contributed by atoms with van der Waals surface area (Å²) in [4.78, 5) is 13.6. The van der Waals surface area contributed by atoms with E-state index in [1.807, 2.05) is 35.7 Å². The molecule has 0 unspecified atom stereocenters. The van der Waals surface area contributed by atoms with Crippen molar-refractivity contribution < 1.29 is 9.53 Å². The van der Waals surface area contributed by atoms with E-state index in [1.54, 1.807) is 24.7 Å². The average Bonchev–Trinajstić information content (AvgIpc) is 3.15. The first kappa shape index (κ1) is 15.0. The summed E-state index contributed by atoms with van der Waals surface area (Å²) < 4.78 is 6.08. The third-order valence-corrected chi connectivity index (χ3v) is 5.41. The Labute approximate surface area is 140 Å². The Morgan fingerprint density at radius 2 is 2.27 bits per heavy atom. The molecule has 0 bridgehead atoms. The van der Waals surface area contributed by atoms with E-state index in [4.69, 9.17) is 16.3 Å². The van der Waals surface area contributed by atoms with Crippen LogP contribution in [0.1, 0.15) is 14.5 Å². The molecule has 2 heterocycles. The highest BCUT2D eigenvalue weighted by Gasteiger charge is 2.17. The van der Waals surface area contributed by atoms with Crippen molar-refractivity contribution in [2.24, 2.45) is 5.10 Å². The predicted octanol–water partition coefficient (Wildman–Crippen LogP) is 4.39. The summed E-state index contributed by atoms with van der Waals surface area (Å²) in [5.41, 5.74) is 2.50. The maximum absolute atomic E-state index is 12.2. The largest absolute Gasteiger partial charge is 0.497 e. The van der Waals surface area contributed by atoms with Crippen LogP contribution in [0, 0.1) is 0 Å². The van der Waals surface area contributed by atoms with Crippen LogP contribution in [0.2, 0.25) is 5.02 Å². The Morgan fingerprint density at radius 1 is 1.41 bits per heavy atom. The van der Waals surface area contributed by atoms with Gasteiger partial charge >= 0.3 is 0 Å². The number of thiophene rings is 2. The van der Waals surface area contributed by atoms with Crippen LogP contribution in [0.25, 0.3) is 10.1 Å². The molecular formula is C15H11ClN2O2S2. The fraction of sp³-hybridized carbons (Fsp3) is 0.0667. The van der Waals surface area contributed by atoms with Crippen LogP contribution in [-0.2, 0) is 0 Å². The van der Waals surface area contributed by atoms with Gasteiger partial charge in [0.15, 0.2) is 0 Å². The van der Waals surface area contributed by atoms with E-state index < -0.39 is 0 Å². The number of nitrogens with zero attached hydrogens (tertiary/aromatic N) is 1. The van der Waals surface area contributed by atoms with E-state index >= 15 is 0 Å². The van der Waals surface area contributed by atoms with Gasteiger partial charge in [0.05, 0.1) is 18.3 Å². The number of nitrogens with one attached hydrogen (secondary N) is 1. The van der Waals surface area contributed by atoms with Gasteiger partial charge in [-0.2, -0.15) is 5.10 Å². The normalized spacial score (nSPS) is 11.2. The molecule has 0 atom stereocenters. The number of carbonyl (C=O) groups excluding carboxylic acids is 1. The minimum absolute atomic E-state index is 0.321. The van der Waals surface area contributed by atoms with Gasteiger partial charge in [0.1, 0.15) is 10.6 Å². The van der Waals surface area contributed by atoms with Crippen LogP contribution >= 0.6 is 34.3 Å². The highest BCUT2D eigenvalue weighted by molar-refractivity contribution is 7.21. The maximum Gasteiger partial charge on any atom is 0.283 e. The van der Waals surface area contributed by atoms with Gasteiger partial charge in [-0.05, 0) is 29.6 Å². The van der Waals surface area contributed by atoms with Gasteiger partial charge in [0, 0.05) is 15.0 Å². The third kappa shape index (κ3) is 2.99. The van der Waals surface area contributed by atoms with Gasteiger partial charge in [0.2, 0.25) is 0 Å². The van der Waals surface area contributed by atoms with Gasteiger partial charge in [-0.3, -0.25) is 4.79 Å². The molecule has 4 nitrogen and oxygen atoms in total. The Bertz CT molecular complexity index is 841. The fourth-order valence-electron chi connectivity index (χ4n) is 1.89. The van der Waals surface area contributed by atoms with E-state index in [2.05, 4.69) is 10.5 Å². The number of carbonyl (C=O) groups is 1. The molecule has 0 radical (unpaired) electrons. The number of rotatable bonds is 4. The number of fused-ring (bicyclic) bond motifs is 1.